The van der Waals surface area contributed by atoms with Gasteiger partial charge in [-0.1, -0.05) is 66.7 Å². The predicted octanol–water partition coefficient (Wildman–Crippen LogP) is 2.52. The predicted molar refractivity (Wildman–Crippen MR) is 113 cm³/mol. The Labute approximate surface area is 171 Å². The second kappa shape index (κ2) is 8.40. The average molecular weight is 398 g/mol. The molecule has 0 saturated carbocycles. The van der Waals surface area contributed by atoms with Gasteiger partial charge in [0.15, 0.2) is 5.69 Å². The molecule has 2 N–H and O–H groups in total. The molecule has 0 unspecified atom stereocenters. The Morgan fingerprint density at radius 2 is 1.30 bits per heavy atom. The van der Waals surface area contributed by atoms with Crippen molar-refractivity contribution in [2.24, 2.45) is 0 Å². The van der Waals surface area contributed by atoms with E-state index in [1.165, 1.54) is 4.68 Å². The van der Waals surface area contributed by atoms with Crippen molar-refractivity contribution in [1.82, 2.24) is 20.6 Å². The summed E-state index contributed by atoms with van der Waals surface area (Å²) in [5, 5.41) is 5.08. The van der Waals surface area contributed by atoms with E-state index in [2.05, 4.69) is 16.0 Å². The summed E-state index contributed by atoms with van der Waals surface area (Å²) in [6, 6.07) is 24.7. The van der Waals surface area contributed by atoms with Crippen molar-refractivity contribution >= 4 is 22.6 Å². The lowest BCUT2D eigenvalue weighted by molar-refractivity contribution is 0.0843. The summed E-state index contributed by atoms with van der Waals surface area (Å²) >= 11 is 0. The monoisotopic (exact) mass is 398 g/mol. The van der Waals surface area contributed by atoms with Gasteiger partial charge in [0, 0.05) is 10.9 Å². The fourth-order valence-electron chi connectivity index (χ4n) is 3.10. The molecule has 7 nitrogen and oxygen atoms in total. The Morgan fingerprint density at radius 3 is 2.00 bits per heavy atom. The molecule has 4 rings (SSSR count). The van der Waals surface area contributed by atoms with Gasteiger partial charge in [-0.05, 0) is 23.8 Å². The molecule has 0 aliphatic heterocycles. The summed E-state index contributed by atoms with van der Waals surface area (Å²) in [5.41, 5.74) is 5.81. The number of hydrogen-bond acceptors (Lipinski definition) is 4. The number of benzene rings is 3. The van der Waals surface area contributed by atoms with Crippen LogP contribution in [0.1, 0.15) is 26.4 Å². The van der Waals surface area contributed by atoms with Crippen molar-refractivity contribution in [3.8, 4) is 0 Å². The molecule has 0 aliphatic rings. The highest BCUT2D eigenvalue weighted by molar-refractivity contribution is 6.06. The molecule has 3 aromatic carbocycles. The molecule has 30 heavy (non-hydrogen) atoms. The van der Waals surface area contributed by atoms with Crippen molar-refractivity contribution in [2.45, 2.75) is 6.54 Å². The van der Waals surface area contributed by atoms with Crippen LogP contribution in [0.25, 0.3) is 10.8 Å². The normalized spacial score (nSPS) is 10.5. The fourth-order valence-corrected chi connectivity index (χ4v) is 3.10. The molecule has 0 fully saturated rings. The zero-order valence-electron chi connectivity index (χ0n) is 15.9. The number of fused-ring (bicyclic) bond motifs is 1. The molecule has 0 atom stereocenters. The van der Waals surface area contributed by atoms with Crippen LogP contribution in [0, 0.1) is 0 Å². The fraction of sp³-hybridized carbons (Fsp3) is 0.0435. The molecule has 0 saturated heterocycles. The molecule has 2 amide bonds. The third-order valence-corrected chi connectivity index (χ3v) is 4.58. The molecule has 4 aromatic rings. The first-order chi connectivity index (χ1) is 14.6. The van der Waals surface area contributed by atoms with E-state index >= 15 is 0 Å². The van der Waals surface area contributed by atoms with E-state index in [1.54, 1.807) is 54.6 Å². The average Bonchev–Trinajstić information content (AvgIpc) is 2.80. The number of amides is 2. The van der Waals surface area contributed by atoms with E-state index in [9.17, 15) is 14.4 Å². The third-order valence-electron chi connectivity index (χ3n) is 4.58. The minimum absolute atomic E-state index is 0.0505. The first-order valence-corrected chi connectivity index (χ1v) is 9.33. The number of carbonyl (C=O) groups excluding carboxylic acids is 2. The minimum Gasteiger partial charge on any atom is -0.267 e. The van der Waals surface area contributed by atoms with Crippen LogP contribution in [-0.4, -0.2) is 21.6 Å². The third kappa shape index (κ3) is 3.95. The first-order valence-electron chi connectivity index (χ1n) is 9.33. The number of hydrazine groups is 1. The second-order valence-corrected chi connectivity index (χ2v) is 6.62. The van der Waals surface area contributed by atoms with Gasteiger partial charge >= 0.3 is 0 Å². The van der Waals surface area contributed by atoms with Gasteiger partial charge in [0.2, 0.25) is 0 Å². The number of aromatic nitrogens is 2. The van der Waals surface area contributed by atoms with Gasteiger partial charge in [-0.3, -0.25) is 25.2 Å². The Bertz CT molecular complexity index is 1270. The van der Waals surface area contributed by atoms with Crippen LogP contribution in [0.3, 0.4) is 0 Å². The quantitative estimate of drug-likeness (QED) is 0.517. The van der Waals surface area contributed by atoms with E-state index in [0.717, 1.165) is 5.56 Å². The Hall–Kier alpha value is -4.26. The van der Waals surface area contributed by atoms with Crippen LogP contribution in [-0.2, 0) is 6.54 Å². The first kappa shape index (κ1) is 19.1. The number of nitrogens with one attached hydrogen (secondary N) is 2. The van der Waals surface area contributed by atoms with E-state index < -0.39 is 11.8 Å². The van der Waals surface area contributed by atoms with Gasteiger partial charge in [0.05, 0.1) is 11.9 Å². The highest BCUT2D eigenvalue weighted by Crippen LogP contribution is 2.14. The van der Waals surface area contributed by atoms with E-state index in [-0.39, 0.29) is 17.8 Å². The maximum absolute atomic E-state index is 12.9. The number of rotatable bonds is 4. The minimum atomic E-state index is -0.614. The largest absolute Gasteiger partial charge is 0.290 e. The van der Waals surface area contributed by atoms with E-state index in [0.29, 0.717) is 16.3 Å². The summed E-state index contributed by atoms with van der Waals surface area (Å²) in [4.78, 5) is 37.9. The molecule has 0 radical (unpaired) electrons. The highest BCUT2D eigenvalue weighted by Gasteiger charge is 2.17. The molecule has 148 valence electrons. The topological polar surface area (TPSA) is 93.1 Å². The summed E-state index contributed by atoms with van der Waals surface area (Å²) in [6.07, 6.45) is 0. The van der Waals surface area contributed by atoms with Gasteiger partial charge in [0.1, 0.15) is 0 Å². The summed E-state index contributed by atoms with van der Waals surface area (Å²) in [5.74, 6) is -1.07. The lowest BCUT2D eigenvalue weighted by atomic mass is 10.1. The van der Waals surface area contributed by atoms with E-state index in [1.807, 2.05) is 30.3 Å². The zero-order chi connectivity index (χ0) is 20.9. The van der Waals surface area contributed by atoms with Crippen molar-refractivity contribution in [3.63, 3.8) is 0 Å². The lowest BCUT2D eigenvalue weighted by Crippen LogP contribution is -2.42. The summed E-state index contributed by atoms with van der Waals surface area (Å²) < 4.78 is 1.26. The van der Waals surface area contributed by atoms with Crippen molar-refractivity contribution in [3.05, 3.63) is 112 Å². The highest BCUT2D eigenvalue weighted by atomic mass is 16.2. The second-order valence-electron chi connectivity index (χ2n) is 6.62. The van der Waals surface area contributed by atoms with Crippen LogP contribution < -0.4 is 16.4 Å². The molecule has 0 bridgehead atoms. The van der Waals surface area contributed by atoms with Crippen LogP contribution >= 0.6 is 0 Å². The maximum Gasteiger partial charge on any atom is 0.290 e. The van der Waals surface area contributed by atoms with Crippen molar-refractivity contribution < 1.29 is 9.59 Å². The van der Waals surface area contributed by atoms with Crippen LogP contribution in [0.5, 0.6) is 0 Å². The SMILES string of the molecule is O=C(NNC(=O)c1nn(Cc2ccccc2)c(=O)c2ccccc12)c1ccccc1. The number of carbonyl (C=O) groups is 2. The van der Waals surface area contributed by atoms with Gasteiger partial charge in [0.25, 0.3) is 17.4 Å². The molecule has 1 heterocycles. The lowest BCUT2D eigenvalue weighted by Gasteiger charge is -2.12. The molecule has 0 aliphatic carbocycles. The zero-order valence-corrected chi connectivity index (χ0v) is 15.9. The van der Waals surface area contributed by atoms with Gasteiger partial charge in [-0.25, -0.2) is 4.68 Å². The van der Waals surface area contributed by atoms with Crippen LogP contribution in [0.4, 0.5) is 0 Å². The van der Waals surface area contributed by atoms with Gasteiger partial charge in [-0.2, -0.15) is 5.10 Å². The maximum atomic E-state index is 12.9. The molecule has 7 heteroatoms. The Morgan fingerprint density at radius 1 is 0.733 bits per heavy atom. The summed E-state index contributed by atoms with van der Waals surface area (Å²) in [6.45, 7) is 0.223. The Balaban J connectivity index is 1.65. The van der Waals surface area contributed by atoms with Crippen molar-refractivity contribution in [1.29, 1.82) is 0 Å². The molecule has 1 aromatic heterocycles. The van der Waals surface area contributed by atoms with Crippen molar-refractivity contribution in [2.75, 3.05) is 0 Å². The van der Waals surface area contributed by atoms with E-state index in [4.69, 9.17) is 0 Å². The van der Waals surface area contributed by atoms with Crippen LogP contribution in [0.2, 0.25) is 0 Å². The number of nitrogens with zero attached hydrogens (tertiary/aromatic N) is 2. The van der Waals surface area contributed by atoms with Crippen LogP contribution in [0.15, 0.2) is 89.7 Å². The molecule has 0 spiro atoms. The standard InChI is InChI=1S/C23H18N4O3/c28-21(17-11-5-2-6-12-17)24-25-22(29)20-18-13-7-8-14-19(18)23(30)27(26-20)15-16-9-3-1-4-10-16/h1-14H,15H2,(H,24,28)(H,25,29). The summed E-state index contributed by atoms with van der Waals surface area (Å²) in [7, 11) is 0. The van der Waals surface area contributed by atoms with Gasteiger partial charge in [-0.15, -0.1) is 0 Å². The molecular weight excluding hydrogens is 380 g/mol. The Kier molecular flexibility index (Phi) is 5.34. The van der Waals surface area contributed by atoms with Gasteiger partial charge < -0.3 is 0 Å². The molecular formula is C23H18N4O3. The number of hydrogen-bond donors (Lipinski definition) is 2. The smallest absolute Gasteiger partial charge is 0.267 e.